The van der Waals surface area contributed by atoms with E-state index in [-0.39, 0.29) is 24.3 Å². The minimum absolute atomic E-state index is 0.00814. The second-order valence-corrected chi connectivity index (χ2v) is 5.48. The molecule has 1 aliphatic rings. The number of carbonyl (C=O) groups excluding carboxylic acids is 1. The molecule has 5 heteroatoms. The summed E-state index contributed by atoms with van der Waals surface area (Å²) < 4.78 is 18.5. The molecule has 2 rings (SSSR count). The lowest BCUT2D eigenvalue weighted by molar-refractivity contribution is -0.123. The Bertz CT molecular complexity index is 479. The van der Waals surface area contributed by atoms with E-state index in [0.29, 0.717) is 11.6 Å². The predicted molar refractivity (Wildman–Crippen MR) is 76.8 cm³/mol. The zero-order valence-electron chi connectivity index (χ0n) is 11.7. The standard InChI is InChI=1S/C15H21FN2O2/c1-10-3-2-4-12(7-10)20-9-15(19)18-14-6-5-11(16)8-13(14)17/h5-6,8,10,12H,2-4,7,9,17H2,1H3,(H,18,19). The second kappa shape index (κ2) is 6.70. The SMILES string of the molecule is CC1CCCC(OCC(=O)Nc2ccc(F)cc2N)C1. The molecule has 2 unspecified atom stereocenters. The number of nitrogens with two attached hydrogens (primary N) is 1. The maximum absolute atomic E-state index is 12.9. The van der Waals surface area contributed by atoms with Crippen LogP contribution < -0.4 is 11.1 Å². The van der Waals surface area contributed by atoms with Gasteiger partial charge >= 0.3 is 0 Å². The van der Waals surface area contributed by atoms with Crippen molar-refractivity contribution in [3.8, 4) is 0 Å². The first kappa shape index (κ1) is 14.8. The molecule has 1 aromatic rings. The number of carbonyl (C=O) groups is 1. The fraction of sp³-hybridized carbons (Fsp3) is 0.533. The molecule has 1 fully saturated rings. The molecule has 0 bridgehead atoms. The molecule has 0 radical (unpaired) electrons. The van der Waals surface area contributed by atoms with Gasteiger partial charge < -0.3 is 15.8 Å². The molecule has 0 aromatic heterocycles. The quantitative estimate of drug-likeness (QED) is 0.833. The van der Waals surface area contributed by atoms with E-state index in [9.17, 15) is 9.18 Å². The fourth-order valence-corrected chi connectivity index (χ4v) is 2.56. The highest BCUT2D eigenvalue weighted by Gasteiger charge is 2.20. The van der Waals surface area contributed by atoms with E-state index in [2.05, 4.69) is 12.2 Å². The molecule has 1 saturated carbocycles. The van der Waals surface area contributed by atoms with Gasteiger partial charge in [0.15, 0.2) is 0 Å². The van der Waals surface area contributed by atoms with E-state index in [0.717, 1.165) is 19.3 Å². The number of nitrogen functional groups attached to an aromatic ring is 1. The molecular formula is C15H21FN2O2. The van der Waals surface area contributed by atoms with Gasteiger partial charge in [-0.1, -0.05) is 19.8 Å². The lowest BCUT2D eigenvalue weighted by Crippen LogP contribution is -2.27. The van der Waals surface area contributed by atoms with E-state index in [1.54, 1.807) is 0 Å². The molecule has 0 saturated heterocycles. The van der Waals surface area contributed by atoms with Crippen molar-refractivity contribution in [1.82, 2.24) is 0 Å². The van der Waals surface area contributed by atoms with E-state index in [4.69, 9.17) is 10.5 Å². The van der Waals surface area contributed by atoms with Crippen LogP contribution in [-0.4, -0.2) is 18.6 Å². The second-order valence-electron chi connectivity index (χ2n) is 5.48. The van der Waals surface area contributed by atoms with Gasteiger partial charge in [-0.15, -0.1) is 0 Å². The normalized spacial score (nSPS) is 22.5. The summed E-state index contributed by atoms with van der Waals surface area (Å²) in [6.07, 6.45) is 4.56. The van der Waals surface area contributed by atoms with Gasteiger partial charge in [-0.05, 0) is 37.0 Å². The zero-order valence-corrected chi connectivity index (χ0v) is 11.7. The van der Waals surface area contributed by atoms with Crippen molar-refractivity contribution in [2.75, 3.05) is 17.7 Å². The summed E-state index contributed by atoms with van der Waals surface area (Å²) in [4.78, 5) is 11.8. The summed E-state index contributed by atoms with van der Waals surface area (Å²) in [5.74, 6) is -0.0287. The fourth-order valence-electron chi connectivity index (χ4n) is 2.56. The van der Waals surface area contributed by atoms with Crippen molar-refractivity contribution < 1.29 is 13.9 Å². The molecule has 3 N–H and O–H groups in total. The Morgan fingerprint density at radius 3 is 3.00 bits per heavy atom. The maximum Gasteiger partial charge on any atom is 0.250 e. The van der Waals surface area contributed by atoms with Crippen LogP contribution in [0.15, 0.2) is 18.2 Å². The average molecular weight is 280 g/mol. The lowest BCUT2D eigenvalue weighted by atomic mass is 9.89. The number of hydrogen-bond acceptors (Lipinski definition) is 3. The van der Waals surface area contributed by atoms with Gasteiger partial charge in [0.05, 0.1) is 17.5 Å². The Morgan fingerprint density at radius 2 is 2.30 bits per heavy atom. The van der Waals surface area contributed by atoms with Gasteiger partial charge in [0.2, 0.25) is 5.91 Å². The molecule has 1 aliphatic carbocycles. The number of ether oxygens (including phenoxy) is 1. The number of nitrogens with one attached hydrogen (secondary N) is 1. The van der Waals surface area contributed by atoms with Gasteiger partial charge in [0.25, 0.3) is 0 Å². The topological polar surface area (TPSA) is 64.3 Å². The molecular weight excluding hydrogens is 259 g/mol. The van der Waals surface area contributed by atoms with Crippen LogP contribution in [0.1, 0.15) is 32.6 Å². The van der Waals surface area contributed by atoms with Gasteiger partial charge in [-0.2, -0.15) is 0 Å². The Balaban J connectivity index is 1.80. The summed E-state index contributed by atoms with van der Waals surface area (Å²) >= 11 is 0. The third-order valence-electron chi connectivity index (χ3n) is 3.63. The summed E-state index contributed by atoms with van der Waals surface area (Å²) in [6, 6.07) is 3.89. The highest BCUT2D eigenvalue weighted by Crippen LogP contribution is 2.25. The number of hydrogen-bond donors (Lipinski definition) is 2. The monoisotopic (exact) mass is 280 g/mol. The number of rotatable bonds is 4. The molecule has 110 valence electrons. The molecule has 2 atom stereocenters. The van der Waals surface area contributed by atoms with Crippen molar-refractivity contribution >= 4 is 17.3 Å². The van der Waals surface area contributed by atoms with E-state index in [1.165, 1.54) is 24.6 Å². The first-order valence-electron chi connectivity index (χ1n) is 7.01. The third kappa shape index (κ3) is 4.20. The molecule has 0 heterocycles. The highest BCUT2D eigenvalue weighted by molar-refractivity contribution is 5.94. The third-order valence-corrected chi connectivity index (χ3v) is 3.63. The Hall–Kier alpha value is -1.62. The molecule has 4 nitrogen and oxygen atoms in total. The molecule has 1 amide bonds. The number of halogens is 1. The van der Waals surface area contributed by atoms with E-state index >= 15 is 0 Å². The zero-order chi connectivity index (χ0) is 14.5. The molecule has 20 heavy (non-hydrogen) atoms. The van der Waals surface area contributed by atoms with E-state index in [1.807, 2.05) is 0 Å². The smallest absolute Gasteiger partial charge is 0.250 e. The van der Waals surface area contributed by atoms with Crippen LogP contribution in [0.5, 0.6) is 0 Å². The Labute approximate surface area is 118 Å². The van der Waals surface area contributed by atoms with Crippen LogP contribution in [0.2, 0.25) is 0 Å². The van der Waals surface area contributed by atoms with Crippen LogP contribution in [0.25, 0.3) is 0 Å². The molecule has 0 aliphatic heterocycles. The number of amides is 1. The minimum atomic E-state index is -0.423. The lowest BCUT2D eigenvalue weighted by Gasteiger charge is -2.26. The maximum atomic E-state index is 12.9. The summed E-state index contributed by atoms with van der Waals surface area (Å²) in [5.41, 5.74) is 6.26. The highest BCUT2D eigenvalue weighted by atomic mass is 19.1. The van der Waals surface area contributed by atoms with Crippen molar-refractivity contribution in [3.05, 3.63) is 24.0 Å². The first-order valence-corrected chi connectivity index (χ1v) is 7.01. The van der Waals surface area contributed by atoms with Crippen molar-refractivity contribution in [1.29, 1.82) is 0 Å². The summed E-state index contributed by atoms with van der Waals surface area (Å²) in [5, 5.41) is 2.63. The van der Waals surface area contributed by atoms with Gasteiger partial charge in [0, 0.05) is 0 Å². The van der Waals surface area contributed by atoms with Crippen molar-refractivity contribution in [3.63, 3.8) is 0 Å². The largest absolute Gasteiger partial charge is 0.397 e. The Morgan fingerprint density at radius 1 is 1.50 bits per heavy atom. The van der Waals surface area contributed by atoms with E-state index < -0.39 is 5.82 Å². The summed E-state index contributed by atoms with van der Waals surface area (Å²) in [6.45, 7) is 2.21. The van der Waals surface area contributed by atoms with Crippen LogP contribution in [-0.2, 0) is 9.53 Å². The van der Waals surface area contributed by atoms with Crippen molar-refractivity contribution in [2.24, 2.45) is 5.92 Å². The van der Waals surface area contributed by atoms with Gasteiger partial charge in [0.1, 0.15) is 12.4 Å². The van der Waals surface area contributed by atoms with Crippen molar-refractivity contribution in [2.45, 2.75) is 38.7 Å². The van der Waals surface area contributed by atoms with Gasteiger partial charge in [-0.25, -0.2) is 4.39 Å². The first-order chi connectivity index (χ1) is 9.54. The number of benzene rings is 1. The molecule has 0 spiro atoms. The molecule has 1 aromatic carbocycles. The van der Waals surface area contributed by atoms with Crippen LogP contribution in [0.3, 0.4) is 0 Å². The number of anilines is 2. The van der Waals surface area contributed by atoms with Gasteiger partial charge in [-0.3, -0.25) is 4.79 Å². The Kier molecular flexibility index (Phi) is 4.95. The predicted octanol–water partition coefficient (Wildman–Crippen LogP) is 2.94. The minimum Gasteiger partial charge on any atom is -0.397 e. The average Bonchev–Trinajstić information content (AvgIpc) is 2.40. The van der Waals surface area contributed by atoms with Crippen LogP contribution in [0.4, 0.5) is 15.8 Å². The van der Waals surface area contributed by atoms with Crippen LogP contribution >= 0.6 is 0 Å². The van der Waals surface area contributed by atoms with Crippen LogP contribution in [0, 0.1) is 11.7 Å². The summed E-state index contributed by atoms with van der Waals surface area (Å²) in [7, 11) is 0.